The van der Waals surface area contributed by atoms with Crippen LogP contribution >= 0.6 is 7.60 Å². The second-order valence-electron chi connectivity index (χ2n) is 5.60. The number of hydrogen-bond donors (Lipinski definition) is 0. The minimum Gasteiger partial charge on any atom is -0.464 e. The van der Waals surface area contributed by atoms with Crippen molar-refractivity contribution in [3.63, 3.8) is 0 Å². The van der Waals surface area contributed by atoms with Crippen molar-refractivity contribution in [1.82, 2.24) is 0 Å². The SMILES string of the molecule is CCOC(=O)[C@H](C)OP(=O)(Cc1ccc([N+](=O)[O-])cc1)Oc1ccccc1. The molecule has 1 unspecified atom stereocenters. The molecule has 0 aliphatic carbocycles. The molecule has 0 spiro atoms. The third-order valence-electron chi connectivity index (χ3n) is 3.45. The second kappa shape index (κ2) is 9.30. The van der Waals surface area contributed by atoms with Gasteiger partial charge in [0.2, 0.25) is 0 Å². The molecule has 2 aromatic rings. The van der Waals surface area contributed by atoms with E-state index in [4.69, 9.17) is 13.8 Å². The highest BCUT2D eigenvalue weighted by Gasteiger charge is 2.33. The van der Waals surface area contributed by atoms with E-state index in [1.807, 2.05) is 0 Å². The Kier molecular flexibility index (Phi) is 7.10. The number of para-hydroxylation sites is 1. The summed E-state index contributed by atoms with van der Waals surface area (Å²) in [5.74, 6) is -0.336. The number of carbonyl (C=O) groups is 1. The molecular weight excluding hydrogens is 373 g/mol. The molecule has 2 aromatic carbocycles. The van der Waals surface area contributed by atoms with Gasteiger partial charge < -0.3 is 9.26 Å². The van der Waals surface area contributed by atoms with Gasteiger partial charge in [-0.2, -0.15) is 0 Å². The third-order valence-corrected chi connectivity index (χ3v) is 5.33. The molecular formula is C18H20NO7P. The van der Waals surface area contributed by atoms with Crippen molar-refractivity contribution >= 4 is 19.3 Å². The van der Waals surface area contributed by atoms with Crippen molar-refractivity contribution in [2.75, 3.05) is 6.61 Å². The molecule has 2 atom stereocenters. The Bertz CT molecular complexity index is 823. The summed E-state index contributed by atoms with van der Waals surface area (Å²) in [4.78, 5) is 22.1. The fourth-order valence-electron chi connectivity index (χ4n) is 2.22. The molecule has 0 N–H and O–H groups in total. The summed E-state index contributed by atoms with van der Waals surface area (Å²) in [6.45, 7) is 3.25. The number of nitro benzene ring substituents is 1. The number of non-ortho nitro benzene ring substituents is 1. The summed E-state index contributed by atoms with van der Waals surface area (Å²) in [5, 5.41) is 10.8. The summed E-state index contributed by atoms with van der Waals surface area (Å²) in [6.07, 6.45) is -1.26. The van der Waals surface area contributed by atoms with Crippen molar-refractivity contribution in [2.45, 2.75) is 26.1 Å². The van der Waals surface area contributed by atoms with Gasteiger partial charge >= 0.3 is 13.6 Å². The molecule has 144 valence electrons. The van der Waals surface area contributed by atoms with E-state index in [2.05, 4.69) is 0 Å². The zero-order valence-corrected chi connectivity index (χ0v) is 15.8. The van der Waals surface area contributed by atoms with Gasteiger partial charge in [-0.15, -0.1) is 0 Å². The number of benzene rings is 2. The average molecular weight is 393 g/mol. The van der Waals surface area contributed by atoms with Gasteiger partial charge in [0, 0.05) is 12.1 Å². The Labute approximate surface area is 156 Å². The van der Waals surface area contributed by atoms with Crippen LogP contribution in [0.25, 0.3) is 0 Å². The summed E-state index contributed by atoms with van der Waals surface area (Å²) >= 11 is 0. The van der Waals surface area contributed by atoms with Crippen LogP contribution in [0.5, 0.6) is 5.75 Å². The van der Waals surface area contributed by atoms with Crippen molar-refractivity contribution in [3.8, 4) is 5.75 Å². The first-order valence-electron chi connectivity index (χ1n) is 8.25. The predicted molar refractivity (Wildman–Crippen MR) is 98.7 cm³/mol. The highest BCUT2D eigenvalue weighted by Crippen LogP contribution is 2.52. The minimum atomic E-state index is -3.81. The van der Waals surface area contributed by atoms with Crippen LogP contribution in [-0.4, -0.2) is 23.6 Å². The van der Waals surface area contributed by atoms with Crippen LogP contribution in [0.3, 0.4) is 0 Å². The predicted octanol–water partition coefficient (Wildman–Crippen LogP) is 4.34. The number of hydrogen-bond acceptors (Lipinski definition) is 7. The number of nitro groups is 1. The van der Waals surface area contributed by atoms with Crippen LogP contribution in [0.4, 0.5) is 5.69 Å². The Balaban J connectivity index is 2.23. The van der Waals surface area contributed by atoms with Crippen molar-refractivity contribution < 1.29 is 28.1 Å². The Morgan fingerprint density at radius 1 is 1.15 bits per heavy atom. The van der Waals surface area contributed by atoms with Crippen LogP contribution in [0.1, 0.15) is 19.4 Å². The van der Waals surface area contributed by atoms with Gasteiger partial charge in [-0.3, -0.25) is 14.6 Å². The second-order valence-corrected chi connectivity index (χ2v) is 7.53. The van der Waals surface area contributed by atoms with E-state index in [0.29, 0.717) is 11.3 Å². The largest absolute Gasteiger partial charge is 0.464 e. The van der Waals surface area contributed by atoms with E-state index in [1.165, 1.54) is 31.2 Å². The van der Waals surface area contributed by atoms with Crippen molar-refractivity contribution in [3.05, 3.63) is 70.3 Å². The quantitative estimate of drug-likeness (QED) is 0.270. The maximum atomic E-state index is 13.3. The van der Waals surface area contributed by atoms with E-state index < -0.39 is 24.6 Å². The number of ether oxygens (including phenoxy) is 1. The van der Waals surface area contributed by atoms with Crippen LogP contribution in [0.15, 0.2) is 54.6 Å². The maximum Gasteiger partial charge on any atom is 0.384 e. The highest BCUT2D eigenvalue weighted by atomic mass is 31.2. The van der Waals surface area contributed by atoms with E-state index in [-0.39, 0.29) is 18.5 Å². The van der Waals surface area contributed by atoms with Gasteiger partial charge in [0.1, 0.15) is 5.75 Å². The maximum absolute atomic E-state index is 13.3. The molecule has 0 bridgehead atoms. The molecule has 8 nitrogen and oxygen atoms in total. The number of carbonyl (C=O) groups excluding carboxylic acids is 1. The molecule has 0 radical (unpaired) electrons. The number of rotatable bonds is 9. The lowest BCUT2D eigenvalue weighted by molar-refractivity contribution is -0.384. The first-order valence-corrected chi connectivity index (χ1v) is 9.98. The van der Waals surface area contributed by atoms with Gasteiger partial charge in [-0.25, -0.2) is 9.36 Å². The Morgan fingerprint density at radius 2 is 1.78 bits per heavy atom. The van der Waals surface area contributed by atoms with Gasteiger partial charge in [0.05, 0.1) is 17.7 Å². The molecule has 9 heteroatoms. The Morgan fingerprint density at radius 3 is 2.33 bits per heavy atom. The van der Waals surface area contributed by atoms with E-state index >= 15 is 0 Å². The lowest BCUT2D eigenvalue weighted by atomic mass is 10.2. The summed E-state index contributed by atoms with van der Waals surface area (Å²) in [6, 6.07) is 14.0. The molecule has 27 heavy (non-hydrogen) atoms. The number of nitrogens with zero attached hydrogens (tertiary/aromatic N) is 1. The summed E-state index contributed by atoms with van der Waals surface area (Å²) in [7, 11) is -3.81. The zero-order valence-electron chi connectivity index (χ0n) is 14.9. The minimum absolute atomic E-state index is 0.0848. The van der Waals surface area contributed by atoms with Crippen molar-refractivity contribution in [1.29, 1.82) is 0 Å². The van der Waals surface area contributed by atoms with Crippen LogP contribution < -0.4 is 4.52 Å². The first-order chi connectivity index (χ1) is 12.8. The van der Waals surface area contributed by atoms with Crippen molar-refractivity contribution in [2.24, 2.45) is 0 Å². The first kappa shape index (κ1) is 20.6. The van der Waals surface area contributed by atoms with Gasteiger partial charge in [-0.1, -0.05) is 30.3 Å². The highest BCUT2D eigenvalue weighted by molar-refractivity contribution is 7.53. The summed E-state index contributed by atoms with van der Waals surface area (Å²) < 4.78 is 29.2. The lowest BCUT2D eigenvalue weighted by Crippen LogP contribution is -2.23. The van der Waals surface area contributed by atoms with E-state index in [9.17, 15) is 19.5 Å². The smallest absolute Gasteiger partial charge is 0.384 e. The topological polar surface area (TPSA) is 105 Å². The van der Waals surface area contributed by atoms with E-state index in [0.717, 1.165) is 0 Å². The normalized spacial score (nSPS) is 14.0. The third kappa shape index (κ3) is 6.20. The van der Waals surface area contributed by atoms with Crippen LogP contribution in [-0.2, 0) is 24.8 Å². The molecule has 0 fully saturated rings. The fourth-order valence-corrected chi connectivity index (χ4v) is 4.07. The molecule has 0 aliphatic rings. The lowest BCUT2D eigenvalue weighted by Gasteiger charge is -2.22. The molecule has 0 aliphatic heterocycles. The Hall–Kier alpha value is -2.70. The average Bonchev–Trinajstić information content (AvgIpc) is 2.62. The standard InChI is InChI=1S/C18H20NO7P/c1-3-24-18(20)14(2)25-27(23,26-17-7-5-4-6-8-17)13-15-9-11-16(12-10-15)19(21)22/h4-12,14H,3,13H2,1-2H3/t14-,27?/m0/s1. The monoisotopic (exact) mass is 393 g/mol. The van der Waals surface area contributed by atoms with Gasteiger partial charge in [0.15, 0.2) is 6.10 Å². The van der Waals surface area contributed by atoms with Crippen LogP contribution in [0, 0.1) is 10.1 Å². The zero-order chi connectivity index (χ0) is 19.9. The molecule has 2 rings (SSSR count). The van der Waals surface area contributed by atoms with Crippen LogP contribution in [0.2, 0.25) is 0 Å². The fraction of sp³-hybridized carbons (Fsp3) is 0.278. The molecule has 0 saturated carbocycles. The summed E-state index contributed by atoms with van der Waals surface area (Å²) in [5.41, 5.74) is 0.425. The number of esters is 1. The van der Waals surface area contributed by atoms with Gasteiger partial charge in [-0.05, 0) is 31.5 Å². The molecule has 0 amide bonds. The molecule has 0 aromatic heterocycles. The van der Waals surface area contributed by atoms with E-state index in [1.54, 1.807) is 37.3 Å². The molecule has 0 saturated heterocycles. The van der Waals surface area contributed by atoms with Gasteiger partial charge in [0.25, 0.3) is 5.69 Å². The molecule has 0 heterocycles.